The van der Waals surface area contributed by atoms with Gasteiger partial charge >= 0.3 is 0 Å². The topological polar surface area (TPSA) is 89.8 Å². The van der Waals surface area contributed by atoms with Crippen molar-refractivity contribution in [1.29, 1.82) is 0 Å². The molecule has 190 valence electrons. The monoisotopic (exact) mass is 471 g/mol. The van der Waals surface area contributed by atoms with Gasteiger partial charge in [0.1, 0.15) is 0 Å². The highest BCUT2D eigenvalue weighted by Crippen LogP contribution is 2.68. The lowest BCUT2D eigenvalue weighted by molar-refractivity contribution is -0.223. The second-order valence-electron chi connectivity index (χ2n) is 12.4. The molecule has 0 heterocycles. The van der Waals surface area contributed by atoms with Crippen molar-refractivity contribution in [3.05, 3.63) is 12.2 Å². The minimum atomic E-state index is -0.731. The Balaban J connectivity index is 1.44. The van der Waals surface area contributed by atoms with E-state index in [9.17, 15) is 20.1 Å². The number of nitrogens with one attached hydrogen (secondary N) is 1. The van der Waals surface area contributed by atoms with Crippen LogP contribution in [0.15, 0.2) is 12.2 Å². The number of terminal acetylenes is 1. The van der Waals surface area contributed by atoms with E-state index in [1.54, 1.807) is 6.08 Å². The van der Waals surface area contributed by atoms with Gasteiger partial charge in [-0.3, -0.25) is 4.79 Å². The van der Waals surface area contributed by atoms with E-state index in [0.29, 0.717) is 30.1 Å². The first kappa shape index (κ1) is 25.7. The summed E-state index contributed by atoms with van der Waals surface area (Å²) in [5.41, 5.74) is 0.199. The van der Waals surface area contributed by atoms with Crippen molar-refractivity contribution in [3.63, 3.8) is 0 Å². The second-order valence-corrected chi connectivity index (χ2v) is 12.4. The third-order valence-electron chi connectivity index (χ3n) is 10.9. The zero-order valence-electron chi connectivity index (χ0n) is 21.2. The van der Waals surface area contributed by atoms with E-state index >= 15 is 0 Å². The van der Waals surface area contributed by atoms with Crippen LogP contribution < -0.4 is 5.32 Å². The van der Waals surface area contributed by atoms with E-state index in [2.05, 4.69) is 32.0 Å². The summed E-state index contributed by atoms with van der Waals surface area (Å²) < 4.78 is 0. The fraction of sp³-hybridized carbons (Fsp3) is 0.828. The van der Waals surface area contributed by atoms with Crippen LogP contribution in [0.3, 0.4) is 0 Å². The van der Waals surface area contributed by atoms with Gasteiger partial charge in [-0.2, -0.15) is 0 Å². The van der Waals surface area contributed by atoms with Crippen molar-refractivity contribution < 1.29 is 20.1 Å². The van der Waals surface area contributed by atoms with Crippen LogP contribution in [0.5, 0.6) is 0 Å². The fourth-order valence-corrected chi connectivity index (χ4v) is 9.16. The SMILES string of the molecule is C#CCNC(=O)/C=C/CCC(C)C1CCC2C3C(O)C(O)C4CC(O)CCC4(C)C3CCC12C. The minimum Gasteiger partial charge on any atom is -0.393 e. The molecule has 4 rings (SSSR count). The number of amides is 1. The lowest BCUT2D eigenvalue weighted by Gasteiger charge is -2.63. The first-order chi connectivity index (χ1) is 16.1. The Hall–Kier alpha value is -1.35. The molecule has 11 atom stereocenters. The Morgan fingerprint density at radius 2 is 1.76 bits per heavy atom. The van der Waals surface area contributed by atoms with Gasteiger partial charge in [-0.15, -0.1) is 6.42 Å². The smallest absolute Gasteiger partial charge is 0.244 e. The highest BCUT2D eigenvalue weighted by Gasteiger charge is 2.65. The first-order valence-electron chi connectivity index (χ1n) is 13.6. The molecule has 4 aliphatic rings. The molecule has 5 heteroatoms. The van der Waals surface area contributed by atoms with Gasteiger partial charge < -0.3 is 20.6 Å². The Labute approximate surface area is 205 Å². The average molecular weight is 472 g/mol. The molecule has 0 aromatic rings. The van der Waals surface area contributed by atoms with Gasteiger partial charge in [-0.25, -0.2) is 0 Å². The Bertz CT molecular complexity index is 819. The molecule has 0 aliphatic heterocycles. The van der Waals surface area contributed by atoms with Crippen LogP contribution in [0.1, 0.15) is 78.6 Å². The molecular formula is C29H45NO4. The molecule has 0 aromatic carbocycles. The number of rotatable bonds is 6. The number of fused-ring (bicyclic) bond motifs is 5. The summed E-state index contributed by atoms with van der Waals surface area (Å²) in [6, 6.07) is 0. The second kappa shape index (κ2) is 9.96. The summed E-state index contributed by atoms with van der Waals surface area (Å²) >= 11 is 0. The largest absolute Gasteiger partial charge is 0.393 e. The van der Waals surface area contributed by atoms with E-state index in [4.69, 9.17) is 6.42 Å². The molecule has 4 fully saturated rings. The number of aliphatic hydroxyl groups excluding tert-OH is 3. The predicted octanol–water partition coefficient (Wildman–Crippen LogP) is 3.67. The summed E-state index contributed by atoms with van der Waals surface area (Å²) in [5, 5.41) is 35.5. The maximum absolute atomic E-state index is 11.7. The van der Waals surface area contributed by atoms with Crippen LogP contribution >= 0.6 is 0 Å². The highest BCUT2D eigenvalue weighted by atomic mass is 16.3. The third kappa shape index (κ3) is 4.36. The third-order valence-corrected chi connectivity index (χ3v) is 10.9. The van der Waals surface area contributed by atoms with Crippen LogP contribution in [-0.4, -0.2) is 46.1 Å². The van der Waals surface area contributed by atoms with E-state index in [1.165, 1.54) is 12.8 Å². The number of hydrogen-bond acceptors (Lipinski definition) is 4. The van der Waals surface area contributed by atoms with Crippen LogP contribution in [0.2, 0.25) is 0 Å². The van der Waals surface area contributed by atoms with Crippen LogP contribution in [0.4, 0.5) is 0 Å². The maximum atomic E-state index is 11.7. The lowest BCUT2D eigenvalue weighted by Crippen LogP contribution is -2.64. The Morgan fingerprint density at radius 3 is 2.50 bits per heavy atom. The zero-order valence-corrected chi connectivity index (χ0v) is 21.2. The standard InChI is InChI=1S/C29H45NO4/c1-5-16-30-24(32)9-7-6-8-18(2)20-10-11-21-25-22(13-15-28(20,21)3)29(4)14-12-19(31)17-23(29)26(33)27(25)34/h1,7,9,18-23,25-27,31,33-34H,6,8,10-17H2,2-4H3,(H,30,32)/b9-7+. The molecule has 0 radical (unpaired) electrons. The van der Waals surface area contributed by atoms with Crippen molar-refractivity contribution in [2.75, 3.05) is 6.54 Å². The fourth-order valence-electron chi connectivity index (χ4n) is 9.16. The van der Waals surface area contributed by atoms with Gasteiger partial charge in [0.15, 0.2) is 0 Å². The molecule has 11 unspecified atom stereocenters. The summed E-state index contributed by atoms with van der Waals surface area (Å²) in [4.78, 5) is 11.7. The maximum Gasteiger partial charge on any atom is 0.244 e. The van der Waals surface area contributed by atoms with Gasteiger partial charge in [0.2, 0.25) is 5.91 Å². The molecule has 0 bridgehead atoms. The Morgan fingerprint density at radius 1 is 1.06 bits per heavy atom. The average Bonchev–Trinajstić information content (AvgIpc) is 3.16. The van der Waals surface area contributed by atoms with Crippen molar-refractivity contribution in [2.45, 2.75) is 96.9 Å². The van der Waals surface area contributed by atoms with Gasteiger partial charge in [-0.05, 0) is 110 Å². The van der Waals surface area contributed by atoms with Gasteiger partial charge in [-0.1, -0.05) is 32.8 Å². The van der Waals surface area contributed by atoms with Gasteiger partial charge in [0.05, 0.1) is 24.9 Å². The number of carbonyl (C=O) groups is 1. The summed E-state index contributed by atoms with van der Waals surface area (Å²) in [6.07, 6.45) is 15.9. The molecule has 5 nitrogen and oxygen atoms in total. The van der Waals surface area contributed by atoms with E-state index < -0.39 is 12.2 Å². The molecule has 0 spiro atoms. The van der Waals surface area contributed by atoms with Gasteiger partial charge in [0.25, 0.3) is 0 Å². The van der Waals surface area contributed by atoms with Crippen molar-refractivity contribution in [2.24, 2.45) is 46.3 Å². The highest BCUT2D eigenvalue weighted by molar-refractivity contribution is 5.87. The number of hydrogen-bond donors (Lipinski definition) is 4. The summed E-state index contributed by atoms with van der Waals surface area (Å²) in [5.74, 6) is 4.45. The number of carbonyl (C=O) groups excluding carboxylic acids is 1. The molecule has 4 N–H and O–H groups in total. The van der Waals surface area contributed by atoms with Crippen LogP contribution in [0, 0.1) is 58.7 Å². The van der Waals surface area contributed by atoms with Crippen LogP contribution in [-0.2, 0) is 4.79 Å². The first-order valence-corrected chi connectivity index (χ1v) is 13.6. The minimum absolute atomic E-state index is 0.00222. The van der Waals surface area contributed by atoms with E-state index in [1.807, 2.05) is 6.08 Å². The summed E-state index contributed by atoms with van der Waals surface area (Å²) in [6.45, 7) is 7.39. The molecular weight excluding hydrogens is 426 g/mol. The quantitative estimate of drug-likeness (QED) is 0.351. The molecule has 4 saturated carbocycles. The van der Waals surface area contributed by atoms with Crippen LogP contribution in [0.25, 0.3) is 0 Å². The van der Waals surface area contributed by atoms with E-state index in [-0.39, 0.29) is 41.2 Å². The number of aliphatic hydroxyl groups is 3. The van der Waals surface area contributed by atoms with E-state index in [0.717, 1.165) is 38.5 Å². The molecule has 34 heavy (non-hydrogen) atoms. The van der Waals surface area contributed by atoms with Crippen molar-refractivity contribution in [3.8, 4) is 12.3 Å². The predicted molar refractivity (Wildman–Crippen MR) is 133 cm³/mol. The van der Waals surface area contributed by atoms with Crippen molar-refractivity contribution in [1.82, 2.24) is 5.32 Å². The normalized spacial score (nSPS) is 46.7. The molecule has 4 aliphatic carbocycles. The molecule has 0 saturated heterocycles. The van der Waals surface area contributed by atoms with Gasteiger partial charge in [0, 0.05) is 0 Å². The molecule has 0 aromatic heterocycles. The lowest BCUT2D eigenvalue weighted by atomic mass is 9.43. The summed E-state index contributed by atoms with van der Waals surface area (Å²) in [7, 11) is 0. The Kier molecular flexibility index (Phi) is 7.54. The van der Waals surface area contributed by atoms with Crippen molar-refractivity contribution >= 4 is 5.91 Å². The molecule has 1 amide bonds. The zero-order chi connectivity index (χ0) is 24.7. The number of allylic oxidation sites excluding steroid dienone is 1.